The molecule has 0 heterocycles. The smallest absolute Gasteiger partial charge is 0.121 e. The highest BCUT2D eigenvalue weighted by Gasteiger charge is 2.17. The summed E-state index contributed by atoms with van der Waals surface area (Å²) in [4.78, 5) is 0. The van der Waals surface area contributed by atoms with E-state index in [0.29, 0.717) is 0 Å². The van der Waals surface area contributed by atoms with Crippen molar-refractivity contribution in [1.29, 1.82) is 0 Å². The Hall–Kier alpha value is -1.80. The molecule has 2 aromatic carbocycles. The van der Waals surface area contributed by atoms with Gasteiger partial charge in [0.15, 0.2) is 0 Å². The molecule has 0 aromatic heterocycles. The average Bonchev–Trinajstić information content (AvgIpc) is 2.96. The van der Waals surface area contributed by atoms with E-state index in [1.165, 1.54) is 47.1 Å². The predicted octanol–water partition coefficient (Wildman–Crippen LogP) is 3.80. The second kappa shape index (κ2) is 5.90. The molecule has 1 aliphatic carbocycles. The third-order valence-corrected chi connectivity index (χ3v) is 4.50. The molecule has 1 N–H and O–H groups in total. The fourth-order valence-electron chi connectivity index (χ4n) is 3.38. The van der Waals surface area contributed by atoms with Gasteiger partial charge in [-0.2, -0.15) is 0 Å². The number of aryl methyl sites for hydroxylation is 3. The van der Waals surface area contributed by atoms with Crippen LogP contribution in [0.4, 0.5) is 0 Å². The normalized spacial score (nSPS) is 14.8. The molecule has 1 unspecified atom stereocenters. The zero-order chi connectivity index (χ0) is 14.8. The van der Waals surface area contributed by atoms with Crippen LogP contribution in [0.2, 0.25) is 0 Å². The van der Waals surface area contributed by atoms with Crippen LogP contribution in [-0.2, 0) is 12.8 Å². The monoisotopic (exact) mass is 281 g/mol. The second-order valence-electron chi connectivity index (χ2n) is 5.83. The fourth-order valence-corrected chi connectivity index (χ4v) is 3.38. The van der Waals surface area contributed by atoms with Gasteiger partial charge in [-0.05, 0) is 67.1 Å². The number of methoxy groups -OCH3 is 1. The number of benzene rings is 2. The van der Waals surface area contributed by atoms with Crippen LogP contribution in [-0.4, -0.2) is 14.2 Å². The minimum Gasteiger partial charge on any atom is -0.496 e. The standard InChI is InChI=1S/C19H23NO/c1-13-11-16(9-10-18(13)21-3)19(20-2)17-8-7-14-5-4-6-15(14)12-17/h7-12,19-20H,4-6H2,1-3H3. The van der Waals surface area contributed by atoms with Gasteiger partial charge in [0.2, 0.25) is 0 Å². The molecule has 0 radical (unpaired) electrons. The summed E-state index contributed by atoms with van der Waals surface area (Å²) < 4.78 is 5.36. The van der Waals surface area contributed by atoms with Crippen LogP contribution in [0.25, 0.3) is 0 Å². The van der Waals surface area contributed by atoms with Crippen molar-refractivity contribution in [3.05, 3.63) is 64.2 Å². The number of rotatable bonds is 4. The van der Waals surface area contributed by atoms with Gasteiger partial charge in [0.25, 0.3) is 0 Å². The molecule has 1 atom stereocenters. The van der Waals surface area contributed by atoms with Gasteiger partial charge in [0.05, 0.1) is 13.2 Å². The molecule has 0 fully saturated rings. The summed E-state index contributed by atoms with van der Waals surface area (Å²) in [6, 6.07) is 13.6. The van der Waals surface area contributed by atoms with Crippen LogP contribution in [0.15, 0.2) is 36.4 Å². The van der Waals surface area contributed by atoms with Gasteiger partial charge in [-0.25, -0.2) is 0 Å². The molecule has 2 nitrogen and oxygen atoms in total. The van der Waals surface area contributed by atoms with Crippen molar-refractivity contribution in [1.82, 2.24) is 5.32 Å². The molecule has 3 rings (SSSR count). The van der Waals surface area contributed by atoms with Gasteiger partial charge >= 0.3 is 0 Å². The first-order chi connectivity index (χ1) is 10.2. The van der Waals surface area contributed by atoms with E-state index in [2.05, 4.69) is 48.6 Å². The quantitative estimate of drug-likeness (QED) is 0.920. The zero-order valence-electron chi connectivity index (χ0n) is 13.1. The van der Waals surface area contributed by atoms with E-state index >= 15 is 0 Å². The first-order valence-corrected chi connectivity index (χ1v) is 7.66. The molecule has 2 aromatic rings. The second-order valence-corrected chi connectivity index (χ2v) is 5.83. The van der Waals surface area contributed by atoms with Crippen molar-refractivity contribution in [2.45, 2.75) is 32.2 Å². The lowest BCUT2D eigenvalue weighted by atomic mass is 9.94. The number of ether oxygens (including phenoxy) is 1. The van der Waals surface area contributed by atoms with Crippen molar-refractivity contribution in [2.24, 2.45) is 0 Å². The summed E-state index contributed by atoms with van der Waals surface area (Å²) in [5.41, 5.74) is 6.87. The number of fused-ring (bicyclic) bond motifs is 1. The Morgan fingerprint density at radius 1 is 1.00 bits per heavy atom. The van der Waals surface area contributed by atoms with Crippen LogP contribution in [0.3, 0.4) is 0 Å². The minimum atomic E-state index is 0.237. The Morgan fingerprint density at radius 3 is 2.43 bits per heavy atom. The van der Waals surface area contributed by atoms with E-state index in [1.807, 2.05) is 7.05 Å². The van der Waals surface area contributed by atoms with E-state index in [1.54, 1.807) is 7.11 Å². The lowest BCUT2D eigenvalue weighted by molar-refractivity contribution is 0.411. The molecule has 110 valence electrons. The maximum absolute atomic E-state index is 5.36. The summed E-state index contributed by atoms with van der Waals surface area (Å²) in [6.45, 7) is 2.09. The van der Waals surface area contributed by atoms with Crippen LogP contribution < -0.4 is 10.1 Å². The highest BCUT2D eigenvalue weighted by atomic mass is 16.5. The Labute approximate surface area is 127 Å². The Kier molecular flexibility index (Phi) is 3.98. The summed E-state index contributed by atoms with van der Waals surface area (Å²) in [5, 5.41) is 3.45. The Bertz CT molecular complexity index is 648. The highest BCUT2D eigenvalue weighted by molar-refractivity contribution is 5.43. The molecular weight excluding hydrogens is 258 g/mol. The third-order valence-electron chi connectivity index (χ3n) is 4.50. The molecule has 0 spiro atoms. The van der Waals surface area contributed by atoms with E-state index < -0.39 is 0 Å². The number of nitrogens with one attached hydrogen (secondary N) is 1. The van der Waals surface area contributed by atoms with Gasteiger partial charge in [0, 0.05) is 0 Å². The summed E-state index contributed by atoms with van der Waals surface area (Å²) in [7, 11) is 3.75. The number of hydrogen-bond acceptors (Lipinski definition) is 2. The Balaban J connectivity index is 1.96. The topological polar surface area (TPSA) is 21.3 Å². The van der Waals surface area contributed by atoms with Crippen LogP contribution in [0, 0.1) is 6.92 Å². The average molecular weight is 281 g/mol. The van der Waals surface area contributed by atoms with Crippen molar-refractivity contribution in [2.75, 3.05) is 14.2 Å². The molecule has 0 saturated heterocycles. The molecule has 0 saturated carbocycles. The molecule has 21 heavy (non-hydrogen) atoms. The van der Waals surface area contributed by atoms with Gasteiger partial charge < -0.3 is 10.1 Å². The van der Waals surface area contributed by atoms with Crippen LogP contribution in [0.5, 0.6) is 5.75 Å². The molecule has 1 aliphatic rings. The van der Waals surface area contributed by atoms with Gasteiger partial charge in [0.1, 0.15) is 5.75 Å². The van der Waals surface area contributed by atoms with E-state index in [4.69, 9.17) is 4.74 Å². The predicted molar refractivity (Wildman–Crippen MR) is 87.1 cm³/mol. The van der Waals surface area contributed by atoms with Crippen LogP contribution >= 0.6 is 0 Å². The van der Waals surface area contributed by atoms with Crippen LogP contribution in [0.1, 0.15) is 40.3 Å². The SMILES string of the molecule is CNC(c1ccc(OC)c(C)c1)c1ccc2c(c1)CCC2. The van der Waals surface area contributed by atoms with Gasteiger partial charge in [-0.1, -0.05) is 30.3 Å². The van der Waals surface area contributed by atoms with Gasteiger partial charge in [-0.3, -0.25) is 0 Å². The van der Waals surface area contributed by atoms with E-state index in [9.17, 15) is 0 Å². The summed E-state index contributed by atoms with van der Waals surface area (Å²) in [5.74, 6) is 0.947. The van der Waals surface area contributed by atoms with Crippen molar-refractivity contribution >= 4 is 0 Å². The maximum Gasteiger partial charge on any atom is 0.121 e. The zero-order valence-corrected chi connectivity index (χ0v) is 13.1. The van der Waals surface area contributed by atoms with E-state index in [0.717, 1.165) is 5.75 Å². The highest BCUT2D eigenvalue weighted by Crippen LogP contribution is 2.30. The van der Waals surface area contributed by atoms with Crippen molar-refractivity contribution in [3.8, 4) is 5.75 Å². The van der Waals surface area contributed by atoms with Crippen molar-refractivity contribution < 1.29 is 4.74 Å². The minimum absolute atomic E-state index is 0.237. The number of hydrogen-bond donors (Lipinski definition) is 1. The molecule has 2 heteroatoms. The van der Waals surface area contributed by atoms with Crippen molar-refractivity contribution in [3.63, 3.8) is 0 Å². The summed E-state index contributed by atoms with van der Waals surface area (Å²) >= 11 is 0. The maximum atomic E-state index is 5.36. The van der Waals surface area contributed by atoms with Gasteiger partial charge in [-0.15, -0.1) is 0 Å². The Morgan fingerprint density at radius 2 is 1.71 bits per heavy atom. The summed E-state index contributed by atoms with van der Waals surface area (Å²) in [6.07, 6.45) is 3.76. The lowest BCUT2D eigenvalue weighted by Gasteiger charge is -2.19. The first kappa shape index (κ1) is 14.2. The molecular formula is C19H23NO. The third kappa shape index (κ3) is 2.68. The van der Waals surface area contributed by atoms with E-state index in [-0.39, 0.29) is 6.04 Å². The molecule has 0 amide bonds. The fraction of sp³-hybridized carbons (Fsp3) is 0.368. The molecule has 0 bridgehead atoms. The lowest BCUT2D eigenvalue weighted by Crippen LogP contribution is -2.18. The molecule has 0 aliphatic heterocycles. The largest absolute Gasteiger partial charge is 0.496 e. The first-order valence-electron chi connectivity index (χ1n) is 7.66.